The fraction of sp³-hybridized carbons (Fsp3) is 0.105. The minimum atomic E-state index is -0.568. The van der Waals surface area contributed by atoms with Crippen LogP contribution in [0.2, 0.25) is 0 Å². The highest BCUT2D eigenvalue weighted by atomic mass is 16.5. The molecule has 7 nitrogen and oxygen atoms in total. The van der Waals surface area contributed by atoms with Crippen LogP contribution in [-0.4, -0.2) is 33.1 Å². The van der Waals surface area contributed by atoms with Crippen molar-refractivity contribution in [1.82, 2.24) is 19.9 Å². The molecular formula is C19H17N5O2. The zero-order valence-electron chi connectivity index (χ0n) is 14.1. The fourth-order valence-corrected chi connectivity index (χ4v) is 3.00. The molecule has 0 spiro atoms. The molecule has 130 valence electrons. The first-order valence-electron chi connectivity index (χ1n) is 8.13. The van der Waals surface area contributed by atoms with E-state index in [0.29, 0.717) is 5.95 Å². The number of nitrogens with zero attached hydrogens (tertiary/aromatic N) is 2. The first-order chi connectivity index (χ1) is 12.7. The van der Waals surface area contributed by atoms with Crippen molar-refractivity contribution in [3.05, 3.63) is 77.9 Å². The Morgan fingerprint density at radius 2 is 2.00 bits per heavy atom. The molecule has 0 aliphatic rings. The first kappa shape index (κ1) is 15.9. The lowest BCUT2D eigenvalue weighted by molar-refractivity contribution is 0.186. The molecule has 3 N–H and O–H groups in total. The average molecular weight is 347 g/mol. The normalized spacial score (nSPS) is 12.0. The highest BCUT2D eigenvalue weighted by Gasteiger charge is 2.20. The maximum atomic E-state index is 11.4. The van der Waals surface area contributed by atoms with E-state index < -0.39 is 6.09 Å². The molecule has 1 amide bonds. The topological polar surface area (TPSA) is 95.7 Å². The summed E-state index contributed by atoms with van der Waals surface area (Å²) in [4.78, 5) is 26.5. The summed E-state index contributed by atoms with van der Waals surface area (Å²) in [5.74, 6) is 1.18. The second-order valence-electron chi connectivity index (χ2n) is 5.80. The summed E-state index contributed by atoms with van der Waals surface area (Å²) in [5.41, 5.74) is 3.77. The van der Waals surface area contributed by atoms with Crippen LogP contribution in [0.4, 0.5) is 10.7 Å². The van der Waals surface area contributed by atoms with E-state index in [1.54, 1.807) is 6.20 Å². The fourth-order valence-electron chi connectivity index (χ4n) is 3.00. The van der Waals surface area contributed by atoms with E-state index >= 15 is 0 Å². The van der Waals surface area contributed by atoms with Gasteiger partial charge in [0.05, 0.1) is 24.1 Å². The summed E-state index contributed by atoms with van der Waals surface area (Å²) < 4.78 is 4.60. The van der Waals surface area contributed by atoms with Gasteiger partial charge >= 0.3 is 6.09 Å². The van der Waals surface area contributed by atoms with Crippen LogP contribution in [0.3, 0.4) is 0 Å². The number of nitrogens with one attached hydrogen (secondary N) is 3. The number of amides is 1. The molecule has 4 aromatic rings. The summed E-state index contributed by atoms with van der Waals surface area (Å²) in [7, 11) is 1.31. The van der Waals surface area contributed by atoms with Gasteiger partial charge in [-0.25, -0.2) is 14.8 Å². The highest BCUT2D eigenvalue weighted by Crippen LogP contribution is 2.31. The molecule has 7 heteroatoms. The third-order valence-corrected chi connectivity index (χ3v) is 4.17. The molecule has 26 heavy (non-hydrogen) atoms. The van der Waals surface area contributed by atoms with Crippen LogP contribution < -0.4 is 5.32 Å². The number of methoxy groups -OCH3 is 1. The summed E-state index contributed by atoms with van der Waals surface area (Å²) in [5, 5.41) is 2.54. The Kier molecular flexibility index (Phi) is 4.10. The van der Waals surface area contributed by atoms with Gasteiger partial charge < -0.3 is 14.7 Å². The van der Waals surface area contributed by atoms with Gasteiger partial charge in [-0.3, -0.25) is 5.32 Å². The maximum Gasteiger partial charge on any atom is 0.413 e. The number of imidazole rings is 2. The van der Waals surface area contributed by atoms with Gasteiger partial charge in [-0.05, 0) is 23.3 Å². The van der Waals surface area contributed by atoms with Gasteiger partial charge in [0, 0.05) is 12.4 Å². The molecular weight excluding hydrogens is 330 g/mol. The molecule has 0 saturated carbocycles. The monoisotopic (exact) mass is 347 g/mol. The zero-order chi connectivity index (χ0) is 17.9. The predicted molar refractivity (Wildman–Crippen MR) is 98.1 cm³/mol. The number of benzene rings is 2. The van der Waals surface area contributed by atoms with Gasteiger partial charge in [0.25, 0.3) is 0 Å². The van der Waals surface area contributed by atoms with Crippen molar-refractivity contribution in [1.29, 1.82) is 0 Å². The summed E-state index contributed by atoms with van der Waals surface area (Å²) >= 11 is 0. The van der Waals surface area contributed by atoms with Crippen molar-refractivity contribution < 1.29 is 9.53 Å². The number of carbonyl (C=O) groups is 1. The smallest absolute Gasteiger partial charge is 0.413 e. The molecule has 1 unspecified atom stereocenters. The number of fused-ring (bicyclic) bond motifs is 1. The predicted octanol–water partition coefficient (Wildman–Crippen LogP) is 3.64. The van der Waals surface area contributed by atoms with Crippen LogP contribution in [0.1, 0.15) is 22.9 Å². The van der Waals surface area contributed by atoms with Crippen LogP contribution >= 0.6 is 0 Å². The Morgan fingerprint density at radius 3 is 2.73 bits per heavy atom. The van der Waals surface area contributed by atoms with E-state index in [9.17, 15) is 4.79 Å². The van der Waals surface area contributed by atoms with Crippen molar-refractivity contribution in [3.8, 4) is 0 Å². The standard InChI is InChI=1S/C19H17N5O2/c1-26-19(25)24-18-22-14-8-7-13(11-15(14)23-18)16(17-20-9-10-21-17)12-5-3-2-4-6-12/h2-11,16H,1H3,(H,20,21)(H2,22,23,24,25). The number of carbonyl (C=O) groups excluding carboxylic acids is 1. The average Bonchev–Trinajstić information content (AvgIpc) is 3.32. The van der Waals surface area contributed by atoms with Crippen molar-refractivity contribution >= 4 is 23.1 Å². The second kappa shape index (κ2) is 6.72. The minimum absolute atomic E-state index is 0.0316. The van der Waals surface area contributed by atoms with E-state index in [2.05, 4.69) is 42.1 Å². The van der Waals surface area contributed by atoms with E-state index in [1.165, 1.54) is 7.11 Å². The molecule has 0 aliphatic heterocycles. The Morgan fingerprint density at radius 1 is 1.15 bits per heavy atom. The lowest BCUT2D eigenvalue weighted by Crippen LogP contribution is -2.11. The Bertz CT molecular complexity index is 1020. The first-order valence-corrected chi connectivity index (χ1v) is 8.13. The van der Waals surface area contributed by atoms with Gasteiger partial charge in [-0.15, -0.1) is 0 Å². The van der Waals surface area contributed by atoms with Crippen LogP contribution in [0.5, 0.6) is 0 Å². The number of anilines is 1. The molecule has 0 fully saturated rings. The molecule has 0 radical (unpaired) electrons. The minimum Gasteiger partial charge on any atom is -0.453 e. The van der Waals surface area contributed by atoms with E-state index in [4.69, 9.17) is 0 Å². The third kappa shape index (κ3) is 3.02. The summed E-state index contributed by atoms with van der Waals surface area (Å²) in [6.07, 6.45) is 3.00. The molecule has 2 aromatic heterocycles. The Labute approximate surface area is 149 Å². The molecule has 2 aromatic carbocycles. The molecule has 4 rings (SSSR count). The SMILES string of the molecule is COC(=O)Nc1nc2ccc(C(c3ccccc3)c3ncc[nH]3)cc2[nH]1. The van der Waals surface area contributed by atoms with Crippen molar-refractivity contribution in [2.45, 2.75) is 5.92 Å². The van der Waals surface area contributed by atoms with Crippen LogP contribution in [-0.2, 0) is 4.74 Å². The van der Waals surface area contributed by atoms with Crippen LogP contribution in [0.15, 0.2) is 60.9 Å². The van der Waals surface area contributed by atoms with Gasteiger partial charge in [-0.2, -0.15) is 0 Å². The van der Waals surface area contributed by atoms with Gasteiger partial charge in [0.1, 0.15) is 5.82 Å². The summed E-state index contributed by atoms with van der Waals surface area (Å²) in [6, 6.07) is 16.1. The van der Waals surface area contributed by atoms with Crippen molar-refractivity contribution in [2.24, 2.45) is 0 Å². The maximum absolute atomic E-state index is 11.4. The van der Waals surface area contributed by atoms with E-state index in [-0.39, 0.29) is 5.92 Å². The quantitative estimate of drug-likeness (QED) is 0.525. The lowest BCUT2D eigenvalue weighted by atomic mass is 9.90. The lowest BCUT2D eigenvalue weighted by Gasteiger charge is -2.16. The number of hydrogen-bond donors (Lipinski definition) is 3. The van der Waals surface area contributed by atoms with Crippen LogP contribution in [0, 0.1) is 0 Å². The molecule has 1 atom stereocenters. The molecule has 0 bridgehead atoms. The van der Waals surface area contributed by atoms with Gasteiger partial charge in [-0.1, -0.05) is 36.4 Å². The van der Waals surface area contributed by atoms with Gasteiger partial charge in [0.2, 0.25) is 5.95 Å². The van der Waals surface area contributed by atoms with Crippen molar-refractivity contribution in [2.75, 3.05) is 12.4 Å². The third-order valence-electron chi connectivity index (χ3n) is 4.17. The van der Waals surface area contributed by atoms with Crippen molar-refractivity contribution in [3.63, 3.8) is 0 Å². The van der Waals surface area contributed by atoms with Gasteiger partial charge in [0.15, 0.2) is 0 Å². The van der Waals surface area contributed by atoms with E-state index in [0.717, 1.165) is 28.0 Å². The number of ether oxygens (including phenoxy) is 1. The molecule has 2 heterocycles. The summed E-state index contributed by atoms with van der Waals surface area (Å²) in [6.45, 7) is 0. The number of H-pyrrole nitrogens is 2. The Hall–Kier alpha value is -3.61. The highest BCUT2D eigenvalue weighted by molar-refractivity contribution is 5.86. The number of aromatic nitrogens is 4. The van der Waals surface area contributed by atoms with E-state index in [1.807, 2.05) is 42.6 Å². The van der Waals surface area contributed by atoms with Crippen LogP contribution in [0.25, 0.3) is 11.0 Å². The number of rotatable bonds is 4. The largest absolute Gasteiger partial charge is 0.453 e. The molecule has 0 saturated heterocycles. The Balaban J connectivity index is 1.76. The number of aromatic amines is 2. The second-order valence-corrected chi connectivity index (χ2v) is 5.80. The molecule has 0 aliphatic carbocycles. The zero-order valence-corrected chi connectivity index (χ0v) is 14.1. The number of hydrogen-bond acceptors (Lipinski definition) is 4.